The fraction of sp³-hybridized carbons (Fsp3) is 0.400. The second-order valence-corrected chi connectivity index (χ2v) is 3.38. The lowest BCUT2D eigenvalue weighted by molar-refractivity contribution is 0.0591. The number of hydrogen-bond donors (Lipinski definition) is 1. The van der Waals surface area contributed by atoms with E-state index in [1.54, 1.807) is 6.92 Å². The molecule has 18 heavy (non-hydrogen) atoms. The van der Waals surface area contributed by atoms with E-state index in [0.717, 1.165) is 5.56 Å². The van der Waals surface area contributed by atoms with E-state index in [-0.39, 0.29) is 11.6 Å². The van der Waals surface area contributed by atoms with Gasteiger partial charge in [-0.15, -0.1) is 10.2 Å². The molecule has 2 rings (SSSR count). The minimum Gasteiger partial charge on any atom is -0.464 e. The number of aromatic nitrogens is 4. The van der Waals surface area contributed by atoms with Crippen LogP contribution in [-0.4, -0.2) is 37.8 Å². The maximum atomic E-state index is 11.5. The zero-order valence-electron chi connectivity index (χ0n) is 10.6. The molecule has 98 valence electrons. The van der Waals surface area contributed by atoms with E-state index < -0.39 is 5.97 Å². The van der Waals surface area contributed by atoms with Gasteiger partial charge in [-0.1, -0.05) is 22.6 Å². The first kappa shape index (κ1) is 14.6. The lowest BCUT2D eigenvalue weighted by Crippen LogP contribution is -2.13. The molecule has 2 heterocycles. The number of fused-ring (bicyclic) bond motifs is 1. The second-order valence-electron chi connectivity index (χ2n) is 3.38. The molecule has 2 aromatic rings. The fourth-order valence-corrected chi connectivity index (χ4v) is 1.44. The van der Waals surface area contributed by atoms with E-state index in [4.69, 9.17) is 5.73 Å². The summed E-state index contributed by atoms with van der Waals surface area (Å²) >= 11 is 2.15. The first-order valence-electron chi connectivity index (χ1n) is 5.00. The van der Waals surface area contributed by atoms with Gasteiger partial charge in [-0.3, -0.25) is 0 Å². The summed E-state index contributed by atoms with van der Waals surface area (Å²) in [6.45, 7) is 3.60. The Morgan fingerprint density at radius 2 is 1.89 bits per heavy atom. The summed E-state index contributed by atoms with van der Waals surface area (Å²) in [5.74, 6) is -0.362. The van der Waals surface area contributed by atoms with Gasteiger partial charge in [0, 0.05) is 5.56 Å². The number of nitrogen functional groups attached to an aromatic ring is 1. The minimum atomic E-state index is -0.504. The molecule has 0 aliphatic rings. The molecule has 2 N–H and O–H groups in total. The fourth-order valence-electron chi connectivity index (χ4n) is 1.44. The Kier molecular flexibility index (Phi) is 4.82. The van der Waals surface area contributed by atoms with E-state index >= 15 is 0 Å². The lowest BCUT2D eigenvalue weighted by Gasteiger charge is -2.06. The Balaban J connectivity index is 0.000000771. The predicted octanol–water partition coefficient (Wildman–Crippen LogP) is 1.16. The van der Waals surface area contributed by atoms with Gasteiger partial charge in [-0.25, -0.2) is 4.79 Å². The Labute approximate surface area is 118 Å². The molecule has 0 spiro atoms. The summed E-state index contributed by atoms with van der Waals surface area (Å²) in [6.07, 6.45) is 0. The summed E-state index contributed by atoms with van der Waals surface area (Å²) in [5, 5.41) is 11.6. The number of nitrogens with zero attached hydrogens (tertiary/aromatic N) is 4. The highest BCUT2D eigenvalue weighted by Crippen LogP contribution is 2.17. The minimum absolute atomic E-state index is 0.142. The maximum absolute atomic E-state index is 11.5. The molecule has 0 amide bonds. The van der Waals surface area contributed by atoms with E-state index in [1.807, 2.05) is 11.9 Å². The van der Waals surface area contributed by atoms with E-state index in [9.17, 15) is 4.79 Å². The Bertz CT molecular complexity index is 581. The van der Waals surface area contributed by atoms with Gasteiger partial charge in [-0.05, 0) is 24.3 Å². The van der Waals surface area contributed by atoms with Crippen LogP contribution in [-0.2, 0) is 4.74 Å². The van der Waals surface area contributed by atoms with Crippen LogP contribution in [0.5, 0.6) is 0 Å². The molecule has 0 fully saturated rings. The molecule has 7 nitrogen and oxygen atoms in total. The van der Waals surface area contributed by atoms with Crippen LogP contribution in [0.25, 0.3) is 5.65 Å². The number of halogens is 1. The first-order chi connectivity index (χ1) is 8.56. The van der Waals surface area contributed by atoms with Crippen molar-refractivity contribution in [1.29, 1.82) is 0 Å². The number of hydrogen-bond acceptors (Lipinski definition) is 6. The van der Waals surface area contributed by atoms with Crippen LogP contribution in [0.15, 0.2) is 0 Å². The zero-order chi connectivity index (χ0) is 13.9. The molecule has 0 radical (unpaired) electrons. The standard InChI is InChI=1S/C9H11N5O2.CH3I/c1-4-5(2)7-11-12-9(10)14(7)13-6(4)8(15)16-3;1-2/h1-3H3,(H2,10,12);1H3. The van der Waals surface area contributed by atoms with Crippen molar-refractivity contribution in [3.63, 3.8) is 0 Å². The quantitative estimate of drug-likeness (QED) is 0.464. The van der Waals surface area contributed by atoms with Gasteiger partial charge in [0.05, 0.1) is 7.11 Å². The van der Waals surface area contributed by atoms with Gasteiger partial charge in [0.25, 0.3) is 0 Å². The molecular weight excluding hydrogens is 349 g/mol. The smallest absolute Gasteiger partial charge is 0.358 e. The van der Waals surface area contributed by atoms with Gasteiger partial charge in [0.1, 0.15) is 0 Å². The van der Waals surface area contributed by atoms with Crippen LogP contribution < -0.4 is 5.73 Å². The van der Waals surface area contributed by atoms with Crippen molar-refractivity contribution >= 4 is 40.2 Å². The maximum Gasteiger partial charge on any atom is 0.358 e. The van der Waals surface area contributed by atoms with Crippen molar-refractivity contribution in [1.82, 2.24) is 19.8 Å². The summed E-state index contributed by atoms with van der Waals surface area (Å²) in [5.41, 5.74) is 7.87. The Morgan fingerprint density at radius 3 is 2.44 bits per heavy atom. The van der Waals surface area contributed by atoms with Crippen molar-refractivity contribution in [2.75, 3.05) is 17.8 Å². The number of methoxy groups -OCH3 is 1. The highest BCUT2D eigenvalue weighted by molar-refractivity contribution is 14.1. The van der Waals surface area contributed by atoms with Crippen LogP contribution in [0.3, 0.4) is 0 Å². The molecule has 0 saturated heterocycles. The number of carbonyl (C=O) groups is 1. The van der Waals surface area contributed by atoms with Crippen LogP contribution in [0.1, 0.15) is 21.6 Å². The SMILES string of the molecule is CI.COC(=O)c1nn2c(N)nnc2c(C)c1C. The largest absolute Gasteiger partial charge is 0.464 e. The first-order valence-corrected chi connectivity index (χ1v) is 7.16. The molecule has 0 bridgehead atoms. The van der Waals surface area contributed by atoms with Crippen LogP contribution in [0.2, 0.25) is 0 Å². The molecular formula is C10H14IN5O2. The monoisotopic (exact) mass is 363 g/mol. The summed E-state index contributed by atoms with van der Waals surface area (Å²) in [6, 6.07) is 0. The molecule has 0 saturated carbocycles. The summed E-state index contributed by atoms with van der Waals surface area (Å²) < 4.78 is 5.97. The number of aryl methyl sites for hydroxylation is 1. The van der Waals surface area contributed by atoms with E-state index in [1.165, 1.54) is 11.6 Å². The van der Waals surface area contributed by atoms with Crippen molar-refractivity contribution < 1.29 is 9.53 Å². The number of alkyl halides is 1. The molecule has 0 aliphatic heterocycles. The van der Waals surface area contributed by atoms with Gasteiger partial charge in [0.15, 0.2) is 11.3 Å². The van der Waals surface area contributed by atoms with E-state index in [2.05, 4.69) is 42.6 Å². The third-order valence-corrected chi connectivity index (χ3v) is 2.50. The van der Waals surface area contributed by atoms with Crippen molar-refractivity contribution in [3.8, 4) is 0 Å². The van der Waals surface area contributed by atoms with Gasteiger partial charge >= 0.3 is 5.97 Å². The Hall–Kier alpha value is -1.45. The average molecular weight is 363 g/mol. The molecule has 0 aromatic carbocycles. The second kappa shape index (κ2) is 5.94. The normalized spacial score (nSPS) is 9.83. The van der Waals surface area contributed by atoms with Crippen LogP contribution in [0.4, 0.5) is 5.95 Å². The van der Waals surface area contributed by atoms with Crippen molar-refractivity contribution in [2.45, 2.75) is 13.8 Å². The number of esters is 1. The number of anilines is 1. The molecule has 2 aromatic heterocycles. The topological polar surface area (TPSA) is 95.4 Å². The molecule has 0 atom stereocenters. The lowest BCUT2D eigenvalue weighted by atomic mass is 10.1. The Morgan fingerprint density at radius 1 is 1.28 bits per heavy atom. The van der Waals surface area contributed by atoms with Crippen LogP contribution in [0, 0.1) is 13.8 Å². The third kappa shape index (κ3) is 2.37. The van der Waals surface area contributed by atoms with Gasteiger partial charge in [-0.2, -0.15) is 9.61 Å². The van der Waals surface area contributed by atoms with Crippen molar-refractivity contribution in [3.05, 3.63) is 16.8 Å². The predicted molar refractivity (Wildman–Crippen MR) is 76.0 cm³/mol. The number of ether oxygens (including phenoxy) is 1. The summed E-state index contributed by atoms with van der Waals surface area (Å²) in [4.78, 5) is 13.5. The molecule has 8 heteroatoms. The number of nitrogens with two attached hydrogens (primary N) is 1. The zero-order valence-corrected chi connectivity index (χ0v) is 12.7. The van der Waals surface area contributed by atoms with Crippen LogP contribution >= 0.6 is 22.6 Å². The molecule has 0 unspecified atom stereocenters. The van der Waals surface area contributed by atoms with Gasteiger partial charge in [0.2, 0.25) is 5.95 Å². The summed E-state index contributed by atoms with van der Waals surface area (Å²) in [7, 11) is 1.30. The highest BCUT2D eigenvalue weighted by Gasteiger charge is 2.18. The van der Waals surface area contributed by atoms with E-state index in [0.29, 0.717) is 11.2 Å². The average Bonchev–Trinajstić information content (AvgIpc) is 2.77. The third-order valence-electron chi connectivity index (χ3n) is 2.50. The van der Waals surface area contributed by atoms with Crippen molar-refractivity contribution in [2.24, 2.45) is 0 Å². The number of carbonyl (C=O) groups excluding carboxylic acids is 1. The number of rotatable bonds is 1. The highest BCUT2D eigenvalue weighted by atomic mass is 127. The van der Waals surface area contributed by atoms with Gasteiger partial charge < -0.3 is 10.5 Å². The molecule has 0 aliphatic carbocycles.